The topological polar surface area (TPSA) is 82.0 Å². The SMILES string of the molecule is N#CC1CCC2C(=O)NC(=O)NC2C1. The average Bonchev–Trinajstić information content (AvgIpc) is 2.16. The van der Waals surface area contributed by atoms with Crippen molar-refractivity contribution in [2.75, 3.05) is 0 Å². The van der Waals surface area contributed by atoms with Gasteiger partial charge < -0.3 is 5.32 Å². The Morgan fingerprint density at radius 3 is 2.86 bits per heavy atom. The van der Waals surface area contributed by atoms with Crippen LogP contribution in [0.25, 0.3) is 0 Å². The molecule has 0 aromatic heterocycles. The number of hydrogen-bond acceptors (Lipinski definition) is 3. The predicted octanol–water partition coefficient (Wildman–Crippen LogP) is 0.134. The Morgan fingerprint density at radius 1 is 1.36 bits per heavy atom. The van der Waals surface area contributed by atoms with Crippen molar-refractivity contribution in [1.82, 2.24) is 10.6 Å². The van der Waals surface area contributed by atoms with Gasteiger partial charge in [0, 0.05) is 12.0 Å². The molecule has 1 aliphatic carbocycles. The molecular formula is C9H11N3O2. The minimum atomic E-state index is -0.435. The van der Waals surface area contributed by atoms with Crippen LogP contribution >= 0.6 is 0 Å². The Balaban J connectivity index is 2.10. The second kappa shape index (κ2) is 3.29. The van der Waals surface area contributed by atoms with E-state index in [1.54, 1.807) is 0 Å². The highest BCUT2D eigenvalue weighted by atomic mass is 16.2. The zero-order valence-corrected chi connectivity index (χ0v) is 7.62. The molecular weight excluding hydrogens is 182 g/mol. The molecule has 1 saturated carbocycles. The summed E-state index contributed by atoms with van der Waals surface area (Å²) in [5, 5.41) is 13.7. The molecule has 2 rings (SSSR count). The molecule has 3 unspecified atom stereocenters. The lowest BCUT2D eigenvalue weighted by atomic mass is 9.77. The van der Waals surface area contributed by atoms with Gasteiger partial charge in [-0.3, -0.25) is 10.1 Å². The number of urea groups is 1. The summed E-state index contributed by atoms with van der Waals surface area (Å²) in [6.07, 6.45) is 2.04. The van der Waals surface area contributed by atoms with Crippen LogP contribution in [0.3, 0.4) is 0 Å². The summed E-state index contributed by atoms with van der Waals surface area (Å²) < 4.78 is 0. The van der Waals surface area contributed by atoms with Gasteiger partial charge in [-0.25, -0.2) is 4.79 Å². The lowest BCUT2D eigenvalue weighted by molar-refractivity contribution is -0.127. The van der Waals surface area contributed by atoms with E-state index in [4.69, 9.17) is 5.26 Å². The van der Waals surface area contributed by atoms with E-state index in [0.29, 0.717) is 12.8 Å². The zero-order valence-electron chi connectivity index (χ0n) is 7.62. The van der Waals surface area contributed by atoms with Crippen LogP contribution < -0.4 is 10.6 Å². The summed E-state index contributed by atoms with van der Waals surface area (Å²) in [5.41, 5.74) is 0. The quantitative estimate of drug-likeness (QED) is 0.573. The summed E-state index contributed by atoms with van der Waals surface area (Å²) in [4.78, 5) is 22.4. The summed E-state index contributed by atoms with van der Waals surface area (Å²) in [6, 6.07) is 1.60. The van der Waals surface area contributed by atoms with E-state index >= 15 is 0 Å². The Kier molecular flexibility index (Phi) is 2.12. The van der Waals surface area contributed by atoms with Crippen LogP contribution in [0.1, 0.15) is 19.3 Å². The van der Waals surface area contributed by atoms with Crippen molar-refractivity contribution in [2.24, 2.45) is 11.8 Å². The number of carbonyl (C=O) groups excluding carboxylic acids is 2. The highest BCUT2D eigenvalue weighted by Gasteiger charge is 2.39. The molecule has 0 aromatic rings. The van der Waals surface area contributed by atoms with Gasteiger partial charge in [0.2, 0.25) is 5.91 Å². The lowest BCUT2D eigenvalue weighted by Crippen LogP contribution is -2.59. The van der Waals surface area contributed by atoms with E-state index < -0.39 is 6.03 Å². The summed E-state index contributed by atoms with van der Waals surface area (Å²) in [6.45, 7) is 0. The van der Waals surface area contributed by atoms with E-state index in [9.17, 15) is 9.59 Å². The number of hydrogen-bond donors (Lipinski definition) is 2. The van der Waals surface area contributed by atoms with Crippen molar-refractivity contribution in [3.63, 3.8) is 0 Å². The molecule has 2 aliphatic rings. The van der Waals surface area contributed by atoms with Crippen molar-refractivity contribution in [3.8, 4) is 6.07 Å². The van der Waals surface area contributed by atoms with Gasteiger partial charge in [-0.1, -0.05) is 0 Å². The Bertz CT molecular complexity index is 321. The maximum absolute atomic E-state index is 11.4. The molecule has 1 saturated heterocycles. The first-order chi connectivity index (χ1) is 6.70. The van der Waals surface area contributed by atoms with Gasteiger partial charge in [-0.05, 0) is 19.3 Å². The van der Waals surface area contributed by atoms with Gasteiger partial charge in [0.25, 0.3) is 0 Å². The normalized spacial score (nSPS) is 36.4. The van der Waals surface area contributed by atoms with Crippen LogP contribution in [-0.4, -0.2) is 18.0 Å². The molecule has 3 atom stereocenters. The number of fused-ring (bicyclic) bond motifs is 1. The largest absolute Gasteiger partial charge is 0.334 e. The number of amides is 3. The molecule has 2 fully saturated rings. The van der Waals surface area contributed by atoms with Crippen LogP contribution in [0.15, 0.2) is 0 Å². The molecule has 1 heterocycles. The molecule has 1 aliphatic heterocycles. The molecule has 5 nitrogen and oxygen atoms in total. The highest BCUT2D eigenvalue weighted by molar-refractivity contribution is 5.98. The minimum Gasteiger partial charge on any atom is -0.334 e. The van der Waals surface area contributed by atoms with E-state index in [2.05, 4.69) is 16.7 Å². The molecule has 0 radical (unpaired) electrons. The third kappa shape index (κ3) is 1.43. The third-order valence-electron chi connectivity index (χ3n) is 2.92. The minimum absolute atomic E-state index is 0.0255. The van der Waals surface area contributed by atoms with Crippen molar-refractivity contribution >= 4 is 11.9 Å². The standard InChI is InChI=1S/C9H11N3O2/c10-4-5-1-2-6-7(3-5)11-9(14)12-8(6)13/h5-7H,1-3H2,(H2,11,12,13,14). The second-order valence-electron chi connectivity index (χ2n) is 3.81. The Labute approximate surface area is 81.5 Å². The van der Waals surface area contributed by atoms with Gasteiger partial charge in [0.05, 0.1) is 12.0 Å². The Hall–Kier alpha value is -1.57. The number of rotatable bonds is 0. The summed E-state index contributed by atoms with van der Waals surface area (Å²) in [7, 11) is 0. The zero-order chi connectivity index (χ0) is 10.1. The summed E-state index contributed by atoms with van der Waals surface area (Å²) >= 11 is 0. The van der Waals surface area contributed by atoms with Gasteiger partial charge in [0.15, 0.2) is 0 Å². The lowest BCUT2D eigenvalue weighted by Gasteiger charge is -2.36. The fourth-order valence-corrected chi connectivity index (χ4v) is 2.17. The van der Waals surface area contributed by atoms with Gasteiger partial charge in [-0.2, -0.15) is 5.26 Å². The summed E-state index contributed by atoms with van der Waals surface area (Å²) in [5.74, 6) is -0.366. The molecule has 0 bridgehead atoms. The van der Waals surface area contributed by atoms with Crippen molar-refractivity contribution < 1.29 is 9.59 Å². The van der Waals surface area contributed by atoms with E-state index in [0.717, 1.165) is 6.42 Å². The maximum Gasteiger partial charge on any atom is 0.321 e. The number of nitriles is 1. The van der Waals surface area contributed by atoms with Gasteiger partial charge >= 0.3 is 6.03 Å². The highest BCUT2D eigenvalue weighted by Crippen LogP contribution is 2.30. The molecule has 2 N–H and O–H groups in total. The molecule has 3 amide bonds. The van der Waals surface area contributed by atoms with Gasteiger partial charge in [0.1, 0.15) is 0 Å². The number of nitrogens with one attached hydrogen (secondary N) is 2. The van der Waals surface area contributed by atoms with Crippen LogP contribution in [0.4, 0.5) is 4.79 Å². The van der Waals surface area contributed by atoms with Gasteiger partial charge in [-0.15, -0.1) is 0 Å². The Morgan fingerprint density at radius 2 is 2.14 bits per heavy atom. The van der Waals surface area contributed by atoms with Crippen LogP contribution in [0.2, 0.25) is 0 Å². The van der Waals surface area contributed by atoms with Crippen molar-refractivity contribution in [2.45, 2.75) is 25.3 Å². The first kappa shape index (κ1) is 9.00. The first-order valence-corrected chi connectivity index (χ1v) is 4.71. The fraction of sp³-hybridized carbons (Fsp3) is 0.667. The molecule has 5 heteroatoms. The van der Waals surface area contributed by atoms with Crippen molar-refractivity contribution in [1.29, 1.82) is 5.26 Å². The van der Waals surface area contributed by atoms with Crippen LogP contribution in [0.5, 0.6) is 0 Å². The third-order valence-corrected chi connectivity index (χ3v) is 2.92. The monoisotopic (exact) mass is 193 g/mol. The number of imide groups is 1. The average molecular weight is 193 g/mol. The molecule has 14 heavy (non-hydrogen) atoms. The molecule has 0 aromatic carbocycles. The number of carbonyl (C=O) groups is 2. The van der Waals surface area contributed by atoms with Crippen molar-refractivity contribution in [3.05, 3.63) is 0 Å². The fourth-order valence-electron chi connectivity index (χ4n) is 2.17. The van der Waals surface area contributed by atoms with E-state index in [1.165, 1.54) is 0 Å². The number of nitrogens with zero attached hydrogens (tertiary/aromatic N) is 1. The predicted molar refractivity (Wildman–Crippen MR) is 46.9 cm³/mol. The maximum atomic E-state index is 11.4. The molecule has 74 valence electrons. The first-order valence-electron chi connectivity index (χ1n) is 4.71. The van der Waals surface area contributed by atoms with Crippen LogP contribution in [-0.2, 0) is 4.79 Å². The second-order valence-corrected chi connectivity index (χ2v) is 3.81. The smallest absolute Gasteiger partial charge is 0.321 e. The van der Waals surface area contributed by atoms with E-state index in [1.807, 2.05) is 0 Å². The van der Waals surface area contributed by atoms with E-state index in [-0.39, 0.29) is 23.8 Å². The van der Waals surface area contributed by atoms with Crippen LogP contribution in [0, 0.1) is 23.2 Å². The molecule has 0 spiro atoms.